The minimum absolute atomic E-state index is 0.0214. The summed E-state index contributed by atoms with van der Waals surface area (Å²) in [5, 5.41) is 17.8. The maximum absolute atomic E-state index is 12.4. The smallest absolute Gasteiger partial charge is 0.321 e. The highest BCUT2D eigenvalue weighted by Gasteiger charge is 2.25. The quantitative estimate of drug-likeness (QED) is 0.485. The zero-order chi connectivity index (χ0) is 19.9. The van der Waals surface area contributed by atoms with Gasteiger partial charge in [-0.3, -0.25) is 15.4 Å². The van der Waals surface area contributed by atoms with Gasteiger partial charge >= 0.3 is 12.0 Å². The number of ether oxygens (including phenoxy) is 1. The Labute approximate surface area is 164 Å². The fraction of sp³-hybridized carbons (Fsp3) is 0.400. The van der Waals surface area contributed by atoms with Gasteiger partial charge in [0, 0.05) is 18.3 Å². The number of anilines is 1. The summed E-state index contributed by atoms with van der Waals surface area (Å²) < 4.78 is 4.64. The van der Waals surface area contributed by atoms with Crippen molar-refractivity contribution in [2.45, 2.75) is 38.3 Å². The van der Waals surface area contributed by atoms with Crippen molar-refractivity contribution >= 4 is 28.5 Å². The topological polar surface area (TPSA) is 104 Å². The Morgan fingerprint density at radius 2 is 1.93 bits per heavy atom. The molecule has 3 rings (SSSR count). The predicted molar refractivity (Wildman–Crippen MR) is 109 cm³/mol. The lowest BCUT2D eigenvalue weighted by molar-refractivity contribution is -0.140. The lowest BCUT2D eigenvalue weighted by atomic mass is 10.1. The van der Waals surface area contributed by atoms with Gasteiger partial charge in [-0.2, -0.15) is 0 Å². The van der Waals surface area contributed by atoms with Gasteiger partial charge in [0.05, 0.1) is 19.7 Å². The Bertz CT molecular complexity index is 828. The van der Waals surface area contributed by atoms with Gasteiger partial charge in [0.2, 0.25) is 0 Å². The SMILES string of the molecule is COC(=O)CCNC1CC(C)NC(NC(=O)Nc2ccc3ccccc3c2)N1. The van der Waals surface area contributed by atoms with Gasteiger partial charge < -0.3 is 20.7 Å². The summed E-state index contributed by atoms with van der Waals surface area (Å²) in [7, 11) is 1.38. The van der Waals surface area contributed by atoms with Gasteiger partial charge in [0.25, 0.3) is 0 Å². The van der Waals surface area contributed by atoms with Crippen LogP contribution >= 0.6 is 0 Å². The second-order valence-corrected chi connectivity index (χ2v) is 6.90. The molecule has 8 nitrogen and oxygen atoms in total. The number of nitrogens with one attached hydrogen (secondary N) is 5. The van der Waals surface area contributed by atoms with Gasteiger partial charge in [0.15, 0.2) is 0 Å². The van der Waals surface area contributed by atoms with E-state index in [-0.39, 0.29) is 30.5 Å². The summed E-state index contributed by atoms with van der Waals surface area (Å²) in [4.78, 5) is 23.6. The molecular formula is C20H27N5O3. The van der Waals surface area contributed by atoms with Crippen LogP contribution in [-0.4, -0.2) is 44.2 Å². The normalized spacial score (nSPS) is 21.9. The van der Waals surface area contributed by atoms with Crippen molar-refractivity contribution in [3.05, 3.63) is 42.5 Å². The van der Waals surface area contributed by atoms with Gasteiger partial charge in [-0.05, 0) is 36.2 Å². The van der Waals surface area contributed by atoms with Gasteiger partial charge in [-0.15, -0.1) is 0 Å². The maximum Gasteiger partial charge on any atom is 0.321 e. The van der Waals surface area contributed by atoms with E-state index in [4.69, 9.17) is 0 Å². The van der Waals surface area contributed by atoms with Crippen LogP contribution in [0.4, 0.5) is 10.5 Å². The number of amides is 2. The van der Waals surface area contributed by atoms with E-state index < -0.39 is 0 Å². The summed E-state index contributed by atoms with van der Waals surface area (Å²) in [6, 6.07) is 13.7. The van der Waals surface area contributed by atoms with Crippen molar-refractivity contribution in [1.82, 2.24) is 21.3 Å². The van der Waals surface area contributed by atoms with Crippen LogP contribution in [0.3, 0.4) is 0 Å². The Morgan fingerprint density at radius 3 is 2.71 bits per heavy atom. The minimum Gasteiger partial charge on any atom is -0.469 e. The molecule has 1 aliphatic rings. The van der Waals surface area contributed by atoms with Crippen LogP contribution in [0.15, 0.2) is 42.5 Å². The summed E-state index contributed by atoms with van der Waals surface area (Å²) in [5.41, 5.74) is 0.729. The molecule has 1 heterocycles. The van der Waals surface area contributed by atoms with Gasteiger partial charge in [-0.25, -0.2) is 4.79 Å². The number of esters is 1. The third kappa shape index (κ3) is 5.66. The fourth-order valence-corrected chi connectivity index (χ4v) is 3.26. The first kappa shape index (κ1) is 20.1. The average Bonchev–Trinajstić information content (AvgIpc) is 2.67. The molecule has 1 fully saturated rings. The molecule has 0 bridgehead atoms. The third-order valence-corrected chi connectivity index (χ3v) is 4.64. The average molecular weight is 385 g/mol. The first-order valence-electron chi connectivity index (χ1n) is 9.42. The Morgan fingerprint density at radius 1 is 1.14 bits per heavy atom. The number of hydrogen-bond acceptors (Lipinski definition) is 6. The van der Waals surface area contributed by atoms with Crippen LogP contribution in [0, 0.1) is 0 Å². The van der Waals surface area contributed by atoms with E-state index in [0.717, 1.165) is 22.9 Å². The van der Waals surface area contributed by atoms with E-state index >= 15 is 0 Å². The highest BCUT2D eigenvalue weighted by atomic mass is 16.5. The first-order valence-corrected chi connectivity index (χ1v) is 9.42. The van der Waals surface area contributed by atoms with E-state index in [1.165, 1.54) is 7.11 Å². The van der Waals surface area contributed by atoms with Crippen LogP contribution in [-0.2, 0) is 9.53 Å². The van der Waals surface area contributed by atoms with Crippen molar-refractivity contribution in [1.29, 1.82) is 0 Å². The van der Waals surface area contributed by atoms with E-state index in [1.54, 1.807) is 0 Å². The molecular weight excluding hydrogens is 358 g/mol. The minimum atomic E-state index is -0.389. The van der Waals surface area contributed by atoms with Crippen molar-refractivity contribution in [3.8, 4) is 0 Å². The third-order valence-electron chi connectivity index (χ3n) is 4.64. The van der Waals surface area contributed by atoms with Crippen molar-refractivity contribution in [2.75, 3.05) is 19.0 Å². The number of benzene rings is 2. The van der Waals surface area contributed by atoms with Crippen LogP contribution < -0.4 is 26.6 Å². The zero-order valence-corrected chi connectivity index (χ0v) is 16.1. The number of fused-ring (bicyclic) bond motifs is 1. The molecule has 0 radical (unpaired) electrons. The number of rotatable bonds is 6. The van der Waals surface area contributed by atoms with Crippen LogP contribution in [0.1, 0.15) is 19.8 Å². The highest BCUT2D eigenvalue weighted by molar-refractivity contribution is 5.93. The molecule has 1 saturated heterocycles. The number of carbonyl (C=O) groups excluding carboxylic acids is 2. The molecule has 2 aromatic carbocycles. The summed E-state index contributed by atoms with van der Waals surface area (Å²) >= 11 is 0. The van der Waals surface area contributed by atoms with Crippen LogP contribution in [0.5, 0.6) is 0 Å². The molecule has 2 aromatic rings. The lowest BCUT2D eigenvalue weighted by Crippen LogP contribution is -2.67. The van der Waals surface area contributed by atoms with Gasteiger partial charge in [0.1, 0.15) is 6.29 Å². The lowest BCUT2D eigenvalue weighted by Gasteiger charge is -2.36. The summed E-state index contributed by atoms with van der Waals surface area (Å²) in [5.74, 6) is -0.251. The number of hydrogen-bond donors (Lipinski definition) is 5. The second kappa shape index (κ2) is 9.50. The molecule has 28 heavy (non-hydrogen) atoms. The molecule has 0 aliphatic carbocycles. The highest BCUT2D eigenvalue weighted by Crippen LogP contribution is 2.18. The van der Waals surface area contributed by atoms with E-state index in [9.17, 15) is 9.59 Å². The van der Waals surface area contributed by atoms with Crippen molar-refractivity contribution in [2.24, 2.45) is 0 Å². The zero-order valence-electron chi connectivity index (χ0n) is 16.1. The summed E-state index contributed by atoms with van der Waals surface area (Å²) in [6.07, 6.45) is 0.717. The largest absolute Gasteiger partial charge is 0.469 e. The molecule has 0 aromatic heterocycles. The van der Waals surface area contributed by atoms with E-state index in [0.29, 0.717) is 13.0 Å². The summed E-state index contributed by atoms with van der Waals surface area (Å²) in [6.45, 7) is 2.55. The number of urea groups is 1. The molecule has 2 amide bonds. The standard InChI is InChI=1S/C20H27N5O3/c1-13-11-17(21-10-9-18(26)28-2)24-19(22-13)25-20(27)23-16-8-7-14-5-3-4-6-15(14)12-16/h3-8,12-13,17,19,21-22,24H,9-11H2,1-2H3,(H2,23,25,27). The molecule has 8 heteroatoms. The van der Waals surface area contributed by atoms with Gasteiger partial charge in [-0.1, -0.05) is 30.3 Å². The molecule has 5 N–H and O–H groups in total. The Kier molecular flexibility index (Phi) is 6.80. The molecule has 1 aliphatic heterocycles. The Balaban J connectivity index is 1.51. The number of methoxy groups -OCH3 is 1. The number of carbonyl (C=O) groups is 2. The monoisotopic (exact) mass is 385 g/mol. The van der Waals surface area contributed by atoms with Crippen molar-refractivity contribution in [3.63, 3.8) is 0 Å². The molecule has 0 saturated carbocycles. The first-order chi connectivity index (χ1) is 13.5. The van der Waals surface area contributed by atoms with Crippen LogP contribution in [0.2, 0.25) is 0 Å². The molecule has 150 valence electrons. The van der Waals surface area contributed by atoms with E-state index in [2.05, 4.69) is 31.3 Å². The van der Waals surface area contributed by atoms with E-state index in [1.807, 2.05) is 49.4 Å². The molecule has 0 spiro atoms. The predicted octanol–water partition coefficient (Wildman–Crippen LogP) is 1.70. The molecule has 3 unspecified atom stereocenters. The van der Waals surface area contributed by atoms with Crippen LogP contribution in [0.25, 0.3) is 10.8 Å². The van der Waals surface area contributed by atoms with Crippen molar-refractivity contribution < 1.29 is 14.3 Å². The maximum atomic E-state index is 12.4. The fourth-order valence-electron chi connectivity index (χ4n) is 3.26. The second-order valence-electron chi connectivity index (χ2n) is 6.90. The Hall–Kier alpha value is -2.68. The molecule has 3 atom stereocenters.